The Kier molecular flexibility index (Phi) is 3.93. The highest BCUT2D eigenvalue weighted by molar-refractivity contribution is 6.45. The summed E-state index contributed by atoms with van der Waals surface area (Å²) in [7, 11) is 1.58. The number of halogens is 2. The van der Waals surface area contributed by atoms with Crippen LogP contribution in [0.5, 0.6) is 5.75 Å². The van der Waals surface area contributed by atoms with Crippen molar-refractivity contribution < 1.29 is 9.53 Å². The van der Waals surface area contributed by atoms with Gasteiger partial charge in [0.25, 0.3) is 0 Å². The molecule has 0 radical (unpaired) electrons. The molecule has 2 N–H and O–H groups in total. The lowest BCUT2D eigenvalue weighted by Crippen LogP contribution is -2.52. The second-order valence-corrected chi connectivity index (χ2v) is 4.75. The summed E-state index contributed by atoms with van der Waals surface area (Å²) < 4.78 is 5.06. The first-order valence-electron chi connectivity index (χ1n) is 5.18. The van der Waals surface area contributed by atoms with Gasteiger partial charge in [-0.05, 0) is 24.3 Å². The van der Waals surface area contributed by atoms with Crippen LogP contribution in [-0.2, 0) is 0 Å². The number of nitrogens with zero attached hydrogens (tertiary/aromatic N) is 1. The van der Waals surface area contributed by atoms with Crippen molar-refractivity contribution in [3.8, 4) is 5.75 Å². The van der Waals surface area contributed by atoms with Crippen LogP contribution in [-0.4, -0.2) is 30.0 Å². The zero-order valence-electron chi connectivity index (χ0n) is 9.48. The van der Waals surface area contributed by atoms with Crippen molar-refractivity contribution in [2.24, 2.45) is 4.99 Å². The first kappa shape index (κ1) is 13.0. The number of rotatable bonds is 3. The molecule has 1 aliphatic rings. The Morgan fingerprint density at radius 3 is 2.56 bits per heavy atom. The summed E-state index contributed by atoms with van der Waals surface area (Å²) in [5.74, 6) is 1.15. The minimum absolute atomic E-state index is 0.382. The molecule has 0 bridgehead atoms. The molecule has 1 aromatic carbocycles. The van der Waals surface area contributed by atoms with E-state index in [0.29, 0.717) is 5.84 Å². The molecule has 0 aliphatic carbocycles. The number of carbonyl (C=O) groups is 1. The van der Waals surface area contributed by atoms with Gasteiger partial charge in [0.2, 0.25) is 0 Å². The lowest BCUT2D eigenvalue weighted by molar-refractivity contribution is 0.240. The van der Waals surface area contributed by atoms with Crippen molar-refractivity contribution >= 4 is 35.1 Å². The van der Waals surface area contributed by atoms with Crippen LogP contribution in [0.15, 0.2) is 29.3 Å². The third-order valence-electron chi connectivity index (χ3n) is 2.38. The molecule has 0 spiro atoms. The average molecular weight is 288 g/mol. The predicted octanol–water partition coefficient (Wildman–Crippen LogP) is 1.88. The van der Waals surface area contributed by atoms with E-state index in [2.05, 4.69) is 15.6 Å². The molecule has 1 aromatic rings. The van der Waals surface area contributed by atoms with Gasteiger partial charge in [-0.2, -0.15) is 0 Å². The molecule has 0 saturated heterocycles. The van der Waals surface area contributed by atoms with Crippen LogP contribution < -0.4 is 15.4 Å². The summed E-state index contributed by atoms with van der Waals surface area (Å²) in [4.78, 5) is 14.9. The van der Waals surface area contributed by atoms with Gasteiger partial charge in [0.05, 0.1) is 7.11 Å². The topological polar surface area (TPSA) is 62.7 Å². The van der Waals surface area contributed by atoms with E-state index in [1.165, 1.54) is 0 Å². The Morgan fingerprint density at radius 1 is 1.33 bits per heavy atom. The highest BCUT2D eigenvalue weighted by Crippen LogP contribution is 2.15. The van der Waals surface area contributed by atoms with Crippen LogP contribution in [0.4, 0.5) is 4.79 Å². The number of alkyl halides is 2. The fraction of sp³-hybridized carbons (Fsp3) is 0.273. The van der Waals surface area contributed by atoms with E-state index in [9.17, 15) is 4.79 Å². The number of carbonyl (C=O) groups excluding carboxylic acids is 1. The van der Waals surface area contributed by atoms with Crippen LogP contribution in [0.1, 0.15) is 5.56 Å². The Bertz CT molecular complexity index is 474. The van der Waals surface area contributed by atoms with Crippen molar-refractivity contribution in [1.82, 2.24) is 10.6 Å². The number of hydrogen-bond donors (Lipinski definition) is 2. The summed E-state index contributed by atoms with van der Waals surface area (Å²) in [5, 5.41) is 5.11. The van der Waals surface area contributed by atoms with Gasteiger partial charge in [0, 0.05) is 5.56 Å². The molecule has 1 atom stereocenters. The van der Waals surface area contributed by atoms with E-state index < -0.39 is 11.0 Å². The molecule has 5 nitrogen and oxygen atoms in total. The van der Waals surface area contributed by atoms with Gasteiger partial charge in [-0.15, -0.1) is 23.2 Å². The zero-order chi connectivity index (χ0) is 13.1. The highest BCUT2D eigenvalue weighted by Gasteiger charge is 2.25. The largest absolute Gasteiger partial charge is 0.497 e. The Morgan fingerprint density at radius 2 is 2.00 bits per heavy atom. The van der Waals surface area contributed by atoms with Crippen LogP contribution in [0.2, 0.25) is 0 Å². The normalized spacial score (nSPS) is 19.0. The molecule has 18 heavy (non-hydrogen) atoms. The van der Waals surface area contributed by atoms with Gasteiger partial charge in [0.1, 0.15) is 16.4 Å². The summed E-state index contributed by atoms with van der Waals surface area (Å²) in [6.07, 6.45) is -0.654. The third-order valence-corrected chi connectivity index (χ3v) is 2.86. The van der Waals surface area contributed by atoms with Crippen LogP contribution >= 0.6 is 23.2 Å². The van der Waals surface area contributed by atoms with Crippen LogP contribution in [0.25, 0.3) is 0 Å². The van der Waals surface area contributed by atoms with Gasteiger partial charge in [0.15, 0.2) is 6.17 Å². The standard InChI is InChI=1S/C11H11Cl2N3O2/c1-18-7-4-2-6(3-5-7)9-14-10(8(12)13)16-11(17)15-9/h2-5,8,10H,1H3,(H2,14,15,16,17). The number of methoxy groups -OCH3 is 1. The van der Waals surface area contributed by atoms with Crippen molar-refractivity contribution in [2.45, 2.75) is 11.0 Å². The molecule has 1 unspecified atom stereocenters. The monoisotopic (exact) mass is 287 g/mol. The molecule has 1 heterocycles. The first-order valence-corrected chi connectivity index (χ1v) is 6.05. The van der Waals surface area contributed by atoms with Gasteiger partial charge in [-0.1, -0.05) is 0 Å². The quantitative estimate of drug-likeness (QED) is 0.834. The molecule has 0 saturated carbocycles. The molecule has 0 fully saturated rings. The van der Waals surface area contributed by atoms with Crippen molar-refractivity contribution in [1.29, 1.82) is 0 Å². The second-order valence-electron chi connectivity index (χ2n) is 3.58. The van der Waals surface area contributed by atoms with Crippen LogP contribution in [0.3, 0.4) is 0 Å². The molecule has 2 rings (SSSR count). The van der Waals surface area contributed by atoms with E-state index in [-0.39, 0.29) is 6.03 Å². The fourth-order valence-corrected chi connectivity index (χ4v) is 1.74. The van der Waals surface area contributed by atoms with Crippen molar-refractivity contribution in [2.75, 3.05) is 7.11 Å². The number of amidine groups is 1. The second kappa shape index (κ2) is 5.46. The smallest absolute Gasteiger partial charge is 0.322 e. The molecule has 96 valence electrons. The SMILES string of the molecule is COc1ccc(C2=NC(C(Cl)Cl)NC(=O)N2)cc1. The molecule has 2 amide bonds. The maximum Gasteiger partial charge on any atom is 0.322 e. The minimum atomic E-state index is -0.802. The number of hydrogen-bond acceptors (Lipinski definition) is 3. The fourth-order valence-electron chi connectivity index (χ4n) is 1.50. The Labute approximate surface area is 114 Å². The zero-order valence-corrected chi connectivity index (χ0v) is 11.0. The lowest BCUT2D eigenvalue weighted by atomic mass is 10.2. The summed E-state index contributed by atoms with van der Waals surface area (Å²) >= 11 is 11.4. The van der Waals surface area contributed by atoms with Gasteiger partial charge < -0.3 is 10.1 Å². The molecular weight excluding hydrogens is 277 g/mol. The predicted molar refractivity (Wildman–Crippen MR) is 70.5 cm³/mol. The molecular formula is C11H11Cl2N3O2. The number of benzene rings is 1. The van der Waals surface area contributed by atoms with E-state index in [0.717, 1.165) is 11.3 Å². The van der Waals surface area contributed by atoms with Crippen LogP contribution in [0, 0.1) is 0 Å². The maximum absolute atomic E-state index is 11.4. The summed E-state index contributed by atoms with van der Waals surface area (Å²) in [6, 6.07) is 6.75. The first-order chi connectivity index (χ1) is 8.60. The van der Waals surface area contributed by atoms with E-state index in [1.54, 1.807) is 31.4 Å². The molecule has 0 aromatic heterocycles. The molecule has 7 heteroatoms. The summed E-state index contributed by atoms with van der Waals surface area (Å²) in [6.45, 7) is 0. The van der Waals surface area contributed by atoms with Crippen molar-refractivity contribution in [3.05, 3.63) is 29.8 Å². The van der Waals surface area contributed by atoms with Gasteiger partial charge in [-0.3, -0.25) is 5.32 Å². The minimum Gasteiger partial charge on any atom is -0.497 e. The number of amides is 2. The number of ether oxygens (including phenoxy) is 1. The highest BCUT2D eigenvalue weighted by atomic mass is 35.5. The summed E-state index contributed by atoms with van der Waals surface area (Å²) in [5.41, 5.74) is 0.754. The lowest BCUT2D eigenvalue weighted by Gasteiger charge is -2.23. The number of nitrogens with one attached hydrogen (secondary N) is 2. The van der Waals surface area contributed by atoms with Gasteiger partial charge in [-0.25, -0.2) is 9.79 Å². The molecule has 1 aliphatic heterocycles. The van der Waals surface area contributed by atoms with Crippen molar-refractivity contribution in [3.63, 3.8) is 0 Å². The van der Waals surface area contributed by atoms with Gasteiger partial charge >= 0.3 is 6.03 Å². The number of urea groups is 1. The number of aliphatic imine (C=N–C) groups is 1. The van der Waals surface area contributed by atoms with E-state index in [4.69, 9.17) is 27.9 Å². The van der Waals surface area contributed by atoms with E-state index >= 15 is 0 Å². The Hall–Kier alpha value is -1.46. The Balaban J connectivity index is 2.27. The van der Waals surface area contributed by atoms with E-state index in [1.807, 2.05) is 0 Å². The maximum atomic E-state index is 11.4. The third kappa shape index (κ3) is 2.86. The average Bonchev–Trinajstić information content (AvgIpc) is 2.38.